The monoisotopic (exact) mass is 417 g/mol. The highest BCUT2D eigenvalue weighted by atomic mass is 19.3. The van der Waals surface area contributed by atoms with E-state index >= 15 is 0 Å². The summed E-state index contributed by atoms with van der Waals surface area (Å²) in [5.41, 5.74) is 0.540. The lowest BCUT2D eigenvalue weighted by molar-refractivity contribution is -0.114. The summed E-state index contributed by atoms with van der Waals surface area (Å²) < 4.78 is 40.0. The van der Waals surface area contributed by atoms with E-state index in [1.165, 1.54) is 30.8 Å². The summed E-state index contributed by atoms with van der Waals surface area (Å²) in [6.45, 7) is 3.86. The molecule has 1 aliphatic rings. The van der Waals surface area contributed by atoms with Crippen molar-refractivity contribution in [3.63, 3.8) is 0 Å². The van der Waals surface area contributed by atoms with Crippen LogP contribution < -0.4 is 5.32 Å². The Kier molecular flexibility index (Phi) is 5.20. The second kappa shape index (κ2) is 7.69. The van der Waals surface area contributed by atoms with Crippen molar-refractivity contribution >= 4 is 22.6 Å². The molecule has 0 spiro atoms. The van der Waals surface area contributed by atoms with Crippen LogP contribution in [0.3, 0.4) is 0 Å². The molecule has 4 heterocycles. The second-order valence-electron chi connectivity index (χ2n) is 7.21. The average Bonchev–Trinajstić information content (AvgIpc) is 3.33. The Morgan fingerprint density at radius 2 is 2.17 bits per heavy atom. The summed E-state index contributed by atoms with van der Waals surface area (Å²) in [4.78, 5) is 20.2. The maximum Gasteiger partial charge on any atom is 0.264 e. The number of aromatic nitrogens is 4. The maximum atomic E-state index is 13.7. The largest absolute Gasteiger partial charge is 0.378 e. The topological polar surface area (TPSA) is 91.2 Å². The van der Waals surface area contributed by atoms with E-state index in [1.807, 2.05) is 0 Å². The number of fused-ring (bicyclic) bond motifs is 1. The molecule has 0 aliphatic carbocycles. The number of carbonyl (C=O) groups is 1. The highest BCUT2D eigenvalue weighted by Gasteiger charge is 2.39. The van der Waals surface area contributed by atoms with Gasteiger partial charge < -0.3 is 14.8 Å². The zero-order chi connectivity index (χ0) is 21.5. The molecule has 158 valence electrons. The predicted molar refractivity (Wildman–Crippen MR) is 105 cm³/mol. The first-order valence-electron chi connectivity index (χ1n) is 9.40. The van der Waals surface area contributed by atoms with Gasteiger partial charge in [-0.25, -0.2) is 23.4 Å². The third-order valence-electron chi connectivity index (χ3n) is 5.20. The molecule has 0 aromatic carbocycles. The lowest BCUT2D eigenvalue weighted by Crippen LogP contribution is -2.30. The molecular formula is C20H21F2N5O3. The smallest absolute Gasteiger partial charge is 0.264 e. The SMILES string of the molecule is CO[C@]1(c2cc(C(F)F)cc(-n3nc(C)c4cnc(NC(C)=O)cc43)n2)CCOC1. The Morgan fingerprint density at radius 3 is 2.80 bits per heavy atom. The van der Waals surface area contributed by atoms with Gasteiger partial charge in [-0.15, -0.1) is 0 Å². The fourth-order valence-electron chi connectivity index (χ4n) is 3.60. The zero-order valence-corrected chi connectivity index (χ0v) is 16.8. The van der Waals surface area contributed by atoms with Crippen molar-refractivity contribution in [1.29, 1.82) is 0 Å². The molecule has 0 bridgehead atoms. The van der Waals surface area contributed by atoms with Gasteiger partial charge in [-0.2, -0.15) is 5.10 Å². The minimum atomic E-state index is -2.69. The van der Waals surface area contributed by atoms with Crippen LogP contribution in [0.15, 0.2) is 24.4 Å². The number of aryl methyl sites for hydroxylation is 1. The van der Waals surface area contributed by atoms with E-state index < -0.39 is 12.0 Å². The molecule has 1 aliphatic heterocycles. The number of rotatable bonds is 5. The molecule has 0 radical (unpaired) electrons. The van der Waals surface area contributed by atoms with E-state index in [4.69, 9.17) is 9.47 Å². The molecule has 10 heteroatoms. The molecule has 3 aromatic heterocycles. The van der Waals surface area contributed by atoms with E-state index in [1.54, 1.807) is 19.2 Å². The molecule has 8 nitrogen and oxygen atoms in total. The van der Waals surface area contributed by atoms with Crippen molar-refractivity contribution in [2.45, 2.75) is 32.3 Å². The van der Waals surface area contributed by atoms with Gasteiger partial charge in [0.25, 0.3) is 6.43 Å². The molecule has 1 N–H and O–H groups in total. The minimum absolute atomic E-state index is 0.184. The van der Waals surface area contributed by atoms with Crippen molar-refractivity contribution in [3.05, 3.63) is 41.3 Å². The fraction of sp³-hybridized carbons (Fsp3) is 0.400. The van der Waals surface area contributed by atoms with Crippen molar-refractivity contribution in [2.75, 3.05) is 25.6 Å². The van der Waals surface area contributed by atoms with Crippen LogP contribution in [0.5, 0.6) is 0 Å². The van der Waals surface area contributed by atoms with Crippen LogP contribution in [0, 0.1) is 6.92 Å². The number of amides is 1. The van der Waals surface area contributed by atoms with Crippen LogP contribution in [-0.4, -0.2) is 46.0 Å². The molecule has 30 heavy (non-hydrogen) atoms. The number of pyridine rings is 2. The van der Waals surface area contributed by atoms with Crippen molar-refractivity contribution in [1.82, 2.24) is 19.7 Å². The zero-order valence-electron chi connectivity index (χ0n) is 16.8. The fourth-order valence-corrected chi connectivity index (χ4v) is 3.60. The molecule has 1 amide bonds. The Morgan fingerprint density at radius 1 is 1.37 bits per heavy atom. The number of methoxy groups -OCH3 is 1. The van der Waals surface area contributed by atoms with Gasteiger partial charge in [0.2, 0.25) is 5.91 Å². The van der Waals surface area contributed by atoms with Crippen molar-refractivity contribution < 1.29 is 23.0 Å². The first-order valence-corrected chi connectivity index (χ1v) is 9.40. The van der Waals surface area contributed by atoms with E-state index in [0.717, 1.165) is 5.39 Å². The van der Waals surface area contributed by atoms with Crippen molar-refractivity contribution in [3.8, 4) is 5.82 Å². The second-order valence-corrected chi connectivity index (χ2v) is 7.21. The number of alkyl halides is 2. The van der Waals surface area contributed by atoms with Gasteiger partial charge in [0.05, 0.1) is 23.5 Å². The lowest BCUT2D eigenvalue weighted by atomic mass is 9.96. The Bertz CT molecular complexity index is 1110. The van der Waals surface area contributed by atoms with Gasteiger partial charge in [-0.1, -0.05) is 0 Å². The summed E-state index contributed by atoms with van der Waals surface area (Å²) in [5, 5.41) is 7.82. The third-order valence-corrected chi connectivity index (χ3v) is 5.20. The van der Waals surface area contributed by atoms with E-state index in [0.29, 0.717) is 35.8 Å². The summed E-state index contributed by atoms with van der Waals surface area (Å²) in [6, 6.07) is 4.30. The van der Waals surface area contributed by atoms with E-state index in [2.05, 4.69) is 20.4 Å². The molecule has 1 saturated heterocycles. The van der Waals surface area contributed by atoms with Crippen LogP contribution in [0.2, 0.25) is 0 Å². The minimum Gasteiger partial charge on any atom is -0.378 e. The summed E-state index contributed by atoms with van der Waals surface area (Å²) in [7, 11) is 1.52. The molecule has 0 saturated carbocycles. The number of ether oxygens (including phenoxy) is 2. The number of anilines is 1. The third kappa shape index (κ3) is 3.52. The standard InChI is InChI=1S/C20H21F2N5O3/c1-11-14-9-23-17(24-12(2)28)8-15(14)27(26-11)18-7-13(19(21)22)6-16(25-18)20(29-3)4-5-30-10-20/h6-9,19H,4-5,10H2,1-3H3,(H,23,24,28)/t20-/m1/s1. The number of hydrogen-bond donors (Lipinski definition) is 1. The average molecular weight is 417 g/mol. The maximum absolute atomic E-state index is 13.7. The van der Waals surface area contributed by atoms with E-state index in [-0.39, 0.29) is 23.9 Å². The van der Waals surface area contributed by atoms with E-state index in [9.17, 15) is 13.6 Å². The highest BCUT2D eigenvalue weighted by molar-refractivity contribution is 5.91. The molecule has 3 aromatic rings. The van der Waals surface area contributed by atoms with Gasteiger partial charge in [-0.3, -0.25) is 4.79 Å². The normalized spacial score (nSPS) is 19.0. The highest BCUT2D eigenvalue weighted by Crippen LogP contribution is 2.36. The Balaban J connectivity index is 1.91. The summed E-state index contributed by atoms with van der Waals surface area (Å²) in [6.07, 6.45) is -0.599. The number of nitrogens with zero attached hydrogens (tertiary/aromatic N) is 4. The molecule has 4 rings (SSSR count). The predicted octanol–water partition coefficient (Wildman–Crippen LogP) is 3.28. The van der Waals surface area contributed by atoms with Crippen LogP contribution in [0.1, 0.15) is 36.7 Å². The lowest BCUT2D eigenvalue weighted by Gasteiger charge is -2.26. The number of hydrogen-bond acceptors (Lipinski definition) is 6. The first-order chi connectivity index (χ1) is 14.3. The van der Waals surface area contributed by atoms with Gasteiger partial charge in [0.1, 0.15) is 11.4 Å². The van der Waals surface area contributed by atoms with Gasteiger partial charge in [-0.05, 0) is 19.1 Å². The number of nitrogens with one attached hydrogen (secondary N) is 1. The first kappa shape index (κ1) is 20.3. The summed E-state index contributed by atoms with van der Waals surface area (Å²) in [5.74, 6) is 0.288. The number of halogens is 2. The molecular weight excluding hydrogens is 396 g/mol. The van der Waals surface area contributed by atoms with Crippen LogP contribution >= 0.6 is 0 Å². The number of carbonyl (C=O) groups excluding carboxylic acids is 1. The summed E-state index contributed by atoms with van der Waals surface area (Å²) >= 11 is 0. The molecule has 0 unspecified atom stereocenters. The van der Waals surface area contributed by atoms with Crippen molar-refractivity contribution in [2.24, 2.45) is 0 Å². The van der Waals surface area contributed by atoms with Gasteiger partial charge in [0, 0.05) is 50.3 Å². The Hall–Kier alpha value is -2.98. The molecule has 1 atom stereocenters. The Labute approximate surface area is 171 Å². The van der Waals surface area contributed by atoms with Crippen LogP contribution in [0.4, 0.5) is 14.6 Å². The van der Waals surface area contributed by atoms with Gasteiger partial charge >= 0.3 is 0 Å². The van der Waals surface area contributed by atoms with Crippen LogP contribution in [0.25, 0.3) is 16.7 Å². The quantitative estimate of drug-likeness (QED) is 0.685. The van der Waals surface area contributed by atoms with Crippen LogP contribution in [-0.2, 0) is 19.9 Å². The molecule has 1 fully saturated rings. The van der Waals surface area contributed by atoms with Gasteiger partial charge in [0.15, 0.2) is 5.82 Å².